The quantitative estimate of drug-likeness (QED) is 0.737. The molecule has 0 atom stereocenters. The normalized spacial score (nSPS) is 10.7. The van der Waals surface area contributed by atoms with Crippen LogP contribution < -0.4 is 0 Å². The highest BCUT2D eigenvalue weighted by atomic mass is 35.5. The predicted molar refractivity (Wildman–Crippen MR) is 68.4 cm³/mol. The molecule has 0 bridgehead atoms. The molecular formula is C13H16ClNO. The molecule has 0 N–H and O–H groups in total. The van der Waals surface area contributed by atoms with Crippen molar-refractivity contribution in [2.75, 3.05) is 13.1 Å². The Morgan fingerprint density at radius 1 is 1.38 bits per heavy atom. The minimum Gasteiger partial charge on any atom is -0.340 e. The molecule has 0 aliphatic carbocycles. The van der Waals surface area contributed by atoms with Crippen LogP contribution in [0, 0.1) is 0 Å². The lowest BCUT2D eigenvalue weighted by atomic mass is 10.2. The van der Waals surface area contributed by atoms with Crippen LogP contribution in [0.1, 0.15) is 19.4 Å². The Kier molecular flexibility index (Phi) is 5.06. The van der Waals surface area contributed by atoms with E-state index in [-0.39, 0.29) is 5.91 Å². The lowest BCUT2D eigenvalue weighted by Gasteiger charge is -2.15. The predicted octanol–water partition coefficient (Wildman–Crippen LogP) is 3.22. The van der Waals surface area contributed by atoms with Gasteiger partial charge in [0.15, 0.2) is 0 Å². The Bertz CT molecular complexity index is 383. The maximum absolute atomic E-state index is 11.7. The molecule has 16 heavy (non-hydrogen) atoms. The van der Waals surface area contributed by atoms with Gasteiger partial charge in [-0.3, -0.25) is 4.79 Å². The number of hydrogen-bond acceptors (Lipinski definition) is 1. The summed E-state index contributed by atoms with van der Waals surface area (Å²) < 4.78 is 0. The Morgan fingerprint density at radius 3 is 2.62 bits per heavy atom. The maximum atomic E-state index is 11.7. The second-order valence-electron chi connectivity index (χ2n) is 3.40. The lowest BCUT2D eigenvalue weighted by Crippen LogP contribution is -2.28. The summed E-state index contributed by atoms with van der Waals surface area (Å²) in [5, 5.41) is 0.678. The summed E-state index contributed by atoms with van der Waals surface area (Å²) in [7, 11) is 0. The summed E-state index contributed by atoms with van der Waals surface area (Å²) >= 11 is 5.85. The Balaban J connectivity index is 2.70. The molecule has 3 heteroatoms. The summed E-state index contributed by atoms with van der Waals surface area (Å²) in [6.45, 7) is 5.40. The van der Waals surface area contributed by atoms with Gasteiger partial charge >= 0.3 is 0 Å². The van der Waals surface area contributed by atoms with Gasteiger partial charge in [-0.05, 0) is 37.6 Å². The third-order valence-corrected chi connectivity index (χ3v) is 2.58. The second-order valence-corrected chi connectivity index (χ2v) is 3.84. The minimum absolute atomic E-state index is 0.0324. The maximum Gasteiger partial charge on any atom is 0.246 e. The van der Waals surface area contributed by atoms with Gasteiger partial charge in [0.1, 0.15) is 0 Å². The van der Waals surface area contributed by atoms with Gasteiger partial charge in [-0.2, -0.15) is 0 Å². The molecule has 2 nitrogen and oxygen atoms in total. The van der Waals surface area contributed by atoms with Crippen LogP contribution in [0.25, 0.3) is 6.08 Å². The number of halogens is 1. The van der Waals surface area contributed by atoms with Gasteiger partial charge in [-0.25, -0.2) is 0 Å². The van der Waals surface area contributed by atoms with E-state index in [4.69, 9.17) is 11.6 Å². The van der Waals surface area contributed by atoms with Crippen molar-refractivity contribution >= 4 is 23.6 Å². The van der Waals surface area contributed by atoms with Crippen molar-refractivity contribution in [2.24, 2.45) is 0 Å². The number of rotatable bonds is 4. The van der Waals surface area contributed by atoms with Crippen LogP contribution in [0.3, 0.4) is 0 Å². The van der Waals surface area contributed by atoms with Crippen molar-refractivity contribution in [3.05, 3.63) is 40.9 Å². The molecule has 0 fully saturated rings. The number of carbonyl (C=O) groups excluding carboxylic acids is 1. The van der Waals surface area contributed by atoms with Crippen molar-refractivity contribution in [3.8, 4) is 0 Å². The summed E-state index contributed by atoms with van der Waals surface area (Å²) in [4.78, 5) is 13.4. The van der Waals surface area contributed by atoms with Crippen LogP contribution >= 0.6 is 11.6 Å². The average Bonchev–Trinajstić information content (AvgIpc) is 2.28. The van der Waals surface area contributed by atoms with Crippen LogP contribution in [0.5, 0.6) is 0 Å². The number of carbonyl (C=O) groups is 1. The summed E-state index contributed by atoms with van der Waals surface area (Å²) in [6.07, 6.45) is 3.37. The van der Waals surface area contributed by atoms with E-state index in [0.29, 0.717) is 5.02 Å². The first-order chi connectivity index (χ1) is 7.67. The monoisotopic (exact) mass is 237 g/mol. The molecule has 0 saturated carbocycles. The largest absolute Gasteiger partial charge is 0.340 e. The number of hydrogen-bond donors (Lipinski definition) is 0. The Labute approximate surface area is 102 Å². The van der Waals surface area contributed by atoms with Crippen molar-refractivity contribution in [1.82, 2.24) is 4.90 Å². The summed E-state index contributed by atoms with van der Waals surface area (Å²) in [5.74, 6) is 0.0324. The Morgan fingerprint density at radius 2 is 2.06 bits per heavy atom. The summed E-state index contributed by atoms with van der Waals surface area (Å²) in [6, 6.07) is 7.42. The summed E-state index contributed by atoms with van der Waals surface area (Å²) in [5.41, 5.74) is 0.938. The van der Waals surface area contributed by atoms with Gasteiger partial charge in [-0.1, -0.05) is 23.7 Å². The molecule has 1 rings (SSSR count). The molecule has 1 aromatic carbocycles. The number of benzene rings is 1. The topological polar surface area (TPSA) is 20.3 Å². The van der Waals surface area contributed by atoms with E-state index in [9.17, 15) is 4.79 Å². The fraction of sp³-hybridized carbons (Fsp3) is 0.308. The van der Waals surface area contributed by atoms with Crippen LogP contribution in [-0.2, 0) is 4.79 Å². The van der Waals surface area contributed by atoms with E-state index >= 15 is 0 Å². The molecule has 0 unspecified atom stereocenters. The standard InChI is InChI=1S/C13H16ClNO/c1-3-15(4-2)13(16)9-8-11-6-5-7-12(14)10-11/h5-10H,3-4H2,1-2H3/b9-8-. The zero-order valence-corrected chi connectivity index (χ0v) is 10.4. The first kappa shape index (κ1) is 12.8. The Hall–Kier alpha value is -1.28. The zero-order chi connectivity index (χ0) is 12.0. The van der Waals surface area contributed by atoms with E-state index in [1.54, 1.807) is 17.1 Å². The zero-order valence-electron chi connectivity index (χ0n) is 9.61. The van der Waals surface area contributed by atoms with Crippen molar-refractivity contribution in [2.45, 2.75) is 13.8 Å². The minimum atomic E-state index is 0.0324. The molecule has 0 saturated heterocycles. The smallest absolute Gasteiger partial charge is 0.246 e. The van der Waals surface area contributed by atoms with Crippen molar-refractivity contribution in [3.63, 3.8) is 0 Å². The van der Waals surface area contributed by atoms with Gasteiger partial charge < -0.3 is 4.90 Å². The highest BCUT2D eigenvalue weighted by Gasteiger charge is 2.04. The first-order valence-electron chi connectivity index (χ1n) is 5.40. The molecule has 0 aliphatic rings. The molecule has 86 valence electrons. The van der Waals surface area contributed by atoms with Gasteiger partial charge in [0.05, 0.1) is 0 Å². The fourth-order valence-corrected chi connectivity index (χ4v) is 1.62. The molecule has 0 aliphatic heterocycles. The van der Waals surface area contributed by atoms with E-state index in [0.717, 1.165) is 18.7 Å². The third-order valence-electron chi connectivity index (χ3n) is 2.34. The number of amides is 1. The number of nitrogens with zero attached hydrogens (tertiary/aromatic N) is 1. The van der Waals surface area contributed by atoms with Gasteiger partial charge in [0.2, 0.25) is 5.91 Å². The van der Waals surface area contributed by atoms with E-state index in [2.05, 4.69) is 0 Å². The second kappa shape index (κ2) is 6.33. The third kappa shape index (κ3) is 3.70. The molecule has 1 amide bonds. The average molecular weight is 238 g/mol. The first-order valence-corrected chi connectivity index (χ1v) is 5.77. The van der Waals surface area contributed by atoms with Crippen molar-refractivity contribution < 1.29 is 4.79 Å². The molecular weight excluding hydrogens is 222 g/mol. The van der Waals surface area contributed by atoms with Gasteiger partial charge in [0.25, 0.3) is 0 Å². The van der Waals surface area contributed by atoms with E-state index in [1.807, 2.05) is 38.1 Å². The fourth-order valence-electron chi connectivity index (χ4n) is 1.42. The lowest BCUT2D eigenvalue weighted by molar-refractivity contribution is -0.125. The highest BCUT2D eigenvalue weighted by Crippen LogP contribution is 2.11. The van der Waals surface area contributed by atoms with E-state index < -0.39 is 0 Å². The molecule has 1 aromatic rings. The van der Waals surface area contributed by atoms with Crippen LogP contribution in [-0.4, -0.2) is 23.9 Å². The molecule has 0 aromatic heterocycles. The van der Waals surface area contributed by atoms with Gasteiger partial charge in [-0.15, -0.1) is 0 Å². The number of likely N-dealkylation sites (N-methyl/N-ethyl adjacent to an activating group) is 1. The van der Waals surface area contributed by atoms with Crippen molar-refractivity contribution in [1.29, 1.82) is 0 Å². The molecule has 0 spiro atoms. The van der Waals surface area contributed by atoms with Gasteiger partial charge in [0, 0.05) is 24.2 Å². The van der Waals surface area contributed by atoms with Crippen LogP contribution in [0.4, 0.5) is 0 Å². The SMILES string of the molecule is CCN(CC)C(=O)/C=C\c1cccc(Cl)c1. The highest BCUT2D eigenvalue weighted by molar-refractivity contribution is 6.30. The van der Waals surface area contributed by atoms with Crippen LogP contribution in [0.2, 0.25) is 5.02 Å². The van der Waals surface area contributed by atoms with E-state index in [1.165, 1.54) is 0 Å². The van der Waals surface area contributed by atoms with Crippen LogP contribution in [0.15, 0.2) is 30.3 Å². The molecule has 0 heterocycles. The molecule has 0 radical (unpaired) electrons.